The summed E-state index contributed by atoms with van der Waals surface area (Å²) in [6, 6.07) is 5.35. The van der Waals surface area contributed by atoms with Crippen LogP contribution in [0.5, 0.6) is 5.75 Å². The molecule has 0 amide bonds. The van der Waals surface area contributed by atoms with Crippen LogP contribution >= 0.6 is 15.9 Å². The first-order valence-corrected chi connectivity index (χ1v) is 4.04. The minimum atomic E-state index is 0.312. The van der Waals surface area contributed by atoms with Crippen LogP contribution in [0.1, 0.15) is 5.69 Å². The molecule has 1 heterocycles. The molecule has 0 unspecified atom stereocenters. The summed E-state index contributed by atoms with van der Waals surface area (Å²) in [6.07, 6.45) is 1.56. The number of ether oxygens (including phenoxy) is 1. The second-order valence-electron chi connectivity index (χ2n) is 1.72. The van der Waals surface area contributed by atoms with Gasteiger partial charge in [0.05, 0.1) is 0 Å². The molecule has 1 aromatic heterocycles. The molecule has 0 saturated carbocycles. The Morgan fingerprint density at radius 1 is 1.73 bits per heavy atom. The van der Waals surface area contributed by atoms with Crippen molar-refractivity contribution in [1.82, 2.24) is 4.98 Å². The van der Waals surface area contributed by atoms with Crippen LogP contribution in [0.4, 0.5) is 0 Å². The second-order valence-corrected chi connectivity index (χ2v) is 2.17. The van der Waals surface area contributed by atoms with E-state index in [0.717, 1.165) is 0 Å². The van der Waals surface area contributed by atoms with Gasteiger partial charge in [-0.3, -0.25) is 0 Å². The summed E-state index contributed by atoms with van der Waals surface area (Å²) in [6.45, 7) is 0. The highest BCUT2D eigenvalue weighted by Gasteiger charge is 2.00. The number of alkyl halides is 1. The van der Waals surface area contributed by atoms with Crippen LogP contribution in [0.25, 0.3) is 0 Å². The lowest BCUT2D eigenvalue weighted by Crippen LogP contribution is -1.93. The Morgan fingerprint density at radius 3 is 3.18 bits per heavy atom. The van der Waals surface area contributed by atoms with Crippen molar-refractivity contribution in [2.45, 2.75) is 0 Å². The molecule has 0 spiro atoms. The monoisotopic (exact) mass is 212 g/mol. The van der Waals surface area contributed by atoms with E-state index in [1.54, 1.807) is 18.3 Å². The highest BCUT2D eigenvalue weighted by Crippen LogP contribution is 2.13. The lowest BCUT2D eigenvalue weighted by molar-refractivity contribution is 0.395. The second kappa shape index (κ2) is 3.94. The molecular weight excluding hydrogens is 208 g/mol. The van der Waals surface area contributed by atoms with E-state index in [4.69, 9.17) is 10.00 Å². The van der Waals surface area contributed by atoms with Crippen molar-refractivity contribution >= 4 is 15.9 Å². The molecule has 0 aliphatic heterocycles. The zero-order valence-corrected chi connectivity index (χ0v) is 7.21. The number of halogens is 1. The quantitative estimate of drug-likeness (QED) is 0.702. The molecule has 0 aliphatic carbocycles. The van der Waals surface area contributed by atoms with Gasteiger partial charge in [0.15, 0.2) is 11.4 Å². The molecule has 56 valence electrons. The van der Waals surface area contributed by atoms with Gasteiger partial charge >= 0.3 is 0 Å². The molecule has 3 nitrogen and oxygen atoms in total. The van der Waals surface area contributed by atoms with Crippen LogP contribution in [0.3, 0.4) is 0 Å². The van der Waals surface area contributed by atoms with Gasteiger partial charge in [-0.05, 0) is 28.1 Å². The smallest absolute Gasteiger partial charge is 0.182 e. The van der Waals surface area contributed by atoms with Crippen molar-refractivity contribution < 1.29 is 4.74 Å². The molecule has 1 rings (SSSR count). The van der Waals surface area contributed by atoms with Crippen LogP contribution < -0.4 is 4.74 Å². The number of nitrogens with zero attached hydrogens (tertiary/aromatic N) is 2. The predicted molar refractivity (Wildman–Crippen MR) is 43.4 cm³/mol. The standard InChI is InChI=1S/C7H5BrN2O/c8-5-11-7-2-1-3-10-6(7)4-9/h1-3H,5H2. The van der Waals surface area contributed by atoms with Gasteiger partial charge in [-0.1, -0.05) is 0 Å². The Kier molecular flexibility index (Phi) is 2.87. The normalized spacial score (nSPS) is 8.73. The fraction of sp³-hybridized carbons (Fsp3) is 0.143. The van der Waals surface area contributed by atoms with E-state index < -0.39 is 0 Å². The van der Waals surface area contributed by atoms with E-state index in [1.165, 1.54) is 0 Å². The Morgan fingerprint density at radius 2 is 2.55 bits per heavy atom. The third-order valence-corrected chi connectivity index (χ3v) is 1.32. The molecule has 0 bridgehead atoms. The molecule has 0 radical (unpaired) electrons. The molecule has 0 atom stereocenters. The van der Waals surface area contributed by atoms with Crippen molar-refractivity contribution in [3.8, 4) is 11.8 Å². The molecule has 0 N–H and O–H groups in total. The third kappa shape index (κ3) is 1.92. The number of rotatable bonds is 2. The number of aromatic nitrogens is 1. The fourth-order valence-electron chi connectivity index (χ4n) is 0.650. The first-order chi connectivity index (χ1) is 5.38. The van der Waals surface area contributed by atoms with Gasteiger partial charge < -0.3 is 4.74 Å². The average molecular weight is 213 g/mol. The van der Waals surface area contributed by atoms with E-state index in [0.29, 0.717) is 17.0 Å². The van der Waals surface area contributed by atoms with Crippen LogP contribution in [0, 0.1) is 11.3 Å². The van der Waals surface area contributed by atoms with Crippen molar-refractivity contribution in [1.29, 1.82) is 5.26 Å². The van der Waals surface area contributed by atoms with E-state index in [9.17, 15) is 0 Å². The fourth-order valence-corrected chi connectivity index (χ4v) is 0.896. The Bertz CT molecular complexity index is 282. The van der Waals surface area contributed by atoms with Gasteiger partial charge in [0, 0.05) is 6.20 Å². The average Bonchev–Trinajstić information content (AvgIpc) is 2.06. The molecule has 0 aromatic carbocycles. The first-order valence-electron chi connectivity index (χ1n) is 2.92. The predicted octanol–water partition coefficient (Wildman–Crippen LogP) is 1.68. The van der Waals surface area contributed by atoms with Crippen LogP contribution in [0.2, 0.25) is 0 Å². The van der Waals surface area contributed by atoms with E-state index >= 15 is 0 Å². The maximum Gasteiger partial charge on any atom is 0.182 e. The largest absolute Gasteiger partial charge is 0.479 e. The highest BCUT2D eigenvalue weighted by molar-refractivity contribution is 9.09. The zero-order chi connectivity index (χ0) is 8.10. The minimum absolute atomic E-state index is 0.312. The molecule has 11 heavy (non-hydrogen) atoms. The van der Waals surface area contributed by atoms with Crippen LogP contribution in [-0.2, 0) is 0 Å². The maximum absolute atomic E-state index is 8.54. The summed E-state index contributed by atoms with van der Waals surface area (Å²) >= 11 is 3.09. The van der Waals surface area contributed by atoms with Crippen molar-refractivity contribution in [2.24, 2.45) is 0 Å². The van der Waals surface area contributed by atoms with Gasteiger partial charge in [-0.25, -0.2) is 4.98 Å². The van der Waals surface area contributed by atoms with Crippen LogP contribution in [-0.4, -0.2) is 10.5 Å². The number of nitriles is 1. The Labute approximate surface area is 72.8 Å². The summed E-state index contributed by atoms with van der Waals surface area (Å²) in [5.41, 5.74) is 0.680. The number of hydrogen-bond acceptors (Lipinski definition) is 3. The lowest BCUT2D eigenvalue weighted by atomic mass is 10.3. The first kappa shape index (κ1) is 8.02. The molecule has 1 aromatic rings. The minimum Gasteiger partial charge on any atom is -0.479 e. The summed E-state index contributed by atoms with van der Waals surface area (Å²) in [4.78, 5) is 3.81. The summed E-state index contributed by atoms with van der Waals surface area (Å²) in [5, 5.41) is 8.54. The SMILES string of the molecule is N#Cc1ncccc1OCBr. The highest BCUT2D eigenvalue weighted by atomic mass is 79.9. The topological polar surface area (TPSA) is 45.9 Å². The Hall–Kier alpha value is -1.08. The van der Waals surface area contributed by atoms with Gasteiger partial charge in [0.2, 0.25) is 0 Å². The molecule has 4 heteroatoms. The van der Waals surface area contributed by atoms with Crippen molar-refractivity contribution in [2.75, 3.05) is 5.52 Å². The third-order valence-electron chi connectivity index (χ3n) is 1.09. The summed E-state index contributed by atoms with van der Waals surface area (Å²) < 4.78 is 5.06. The summed E-state index contributed by atoms with van der Waals surface area (Å²) in [7, 11) is 0. The van der Waals surface area contributed by atoms with Crippen molar-refractivity contribution in [3.05, 3.63) is 24.0 Å². The molecular formula is C7H5BrN2O. The maximum atomic E-state index is 8.54. The lowest BCUT2D eigenvalue weighted by Gasteiger charge is -2.00. The van der Waals surface area contributed by atoms with Gasteiger partial charge in [-0.15, -0.1) is 0 Å². The van der Waals surface area contributed by atoms with Gasteiger partial charge in [0.1, 0.15) is 11.6 Å². The molecule has 0 saturated heterocycles. The van der Waals surface area contributed by atoms with Gasteiger partial charge in [-0.2, -0.15) is 5.26 Å². The van der Waals surface area contributed by atoms with E-state index in [-0.39, 0.29) is 0 Å². The number of pyridine rings is 1. The summed E-state index contributed by atoms with van der Waals surface area (Å²) in [5.74, 6) is 0.506. The van der Waals surface area contributed by atoms with Gasteiger partial charge in [0.25, 0.3) is 0 Å². The van der Waals surface area contributed by atoms with E-state index in [1.807, 2.05) is 6.07 Å². The Balaban J connectivity index is 2.95. The number of hydrogen-bond donors (Lipinski definition) is 0. The molecule has 0 fully saturated rings. The van der Waals surface area contributed by atoms with Crippen LogP contribution in [0.15, 0.2) is 18.3 Å². The molecule has 0 aliphatic rings. The van der Waals surface area contributed by atoms with Crippen molar-refractivity contribution in [3.63, 3.8) is 0 Å². The van der Waals surface area contributed by atoms with E-state index in [2.05, 4.69) is 20.9 Å². The zero-order valence-electron chi connectivity index (χ0n) is 5.62.